The van der Waals surface area contributed by atoms with E-state index in [1.807, 2.05) is 48.5 Å². The average molecular weight is 324 g/mol. The minimum Gasteiger partial charge on any atom is -0.356 e. The van der Waals surface area contributed by atoms with E-state index in [0.717, 1.165) is 12.8 Å². The number of hydrogen-bond donors (Lipinski definition) is 2. The summed E-state index contributed by atoms with van der Waals surface area (Å²) in [5.74, 6) is 0.162. The number of nitrogens with one attached hydrogen (secondary N) is 2. The van der Waals surface area contributed by atoms with E-state index in [1.165, 1.54) is 12.5 Å². The zero-order valence-corrected chi connectivity index (χ0v) is 14.0. The first-order valence-corrected chi connectivity index (χ1v) is 8.29. The van der Waals surface area contributed by atoms with Gasteiger partial charge in [0, 0.05) is 31.5 Å². The molecule has 0 aliphatic heterocycles. The van der Waals surface area contributed by atoms with Crippen molar-refractivity contribution in [2.45, 2.75) is 25.7 Å². The Kier molecular flexibility index (Phi) is 7.02. The first-order valence-electron chi connectivity index (χ1n) is 8.29. The minimum absolute atomic E-state index is 0.0105. The Hall–Kier alpha value is -2.62. The van der Waals surface area contributed by atoms with Crippen molar-refractivity contribution in [3.05, 3.63) is 71.8 Å². The van der Waals surface area contributed by atoms with Crippen LogP contribution in [0.3, 0.4) is 0 Å². The van der Waals surface area contributed by atoms with Gasteiger partial charge in [-0.3, -0.25) is 9.59 Å². The largest absolute Gasteiger partial charge is 0.356 e. The molecule has 126 valence electrons. The Labute approximate surface area is 143 Å². The smallest absolute Gasteiger partial charge is 0.251 e. The number of carbonyl (C=O) groups is 2. The van der Waals surface area contributed by atoms with Crippen LogP contribution in [-0.2, 0) is 4.79 Å². The number of amides is 2. The van der Waals surface area contributed by atoms with Crippen LogP contribution in [0.1, 0.15) is 41.6 Å². The summed E-state index contributed by atoms with van der Waals surface area (Å²) in [5.41, 5.74) is 1.87. The van der Waals surface area contributed by atoms with Crippen LogP contribution < -0.4 is 10.6 Å². The summed E-state index contributed by atoms with van der Waals surface area (Å²) in [6, 6.07) is 19.4. The van der Waals surface area contributed by atoms with Crippen molar-refractivity contribution in [3.63, 3.8) is 0 Å². The summed E-state index contributed by atoms with van der Waals surface area (Å²) in [7, 11) is 0. The Bertz CT molecular complexity index is 641. The van der Waals surface area contributed by atoms with Crippen LogP contribution in [0.2, 0.25) is 0 Å². The van der Waals surface area contributed by atoms with Crippen molar-refractivity contribution in [1.82, 2.24) is 10.6 Å². The van der Waals surface area contributed by atoms with Gasteiger partial charge in [0.1, 0.15) is 0 Å². The Morgan fingerprint density at radius 3 is 2.17 bits per heavy atom. The fourth-order valence-electron chi connectivity index (χ4n) is 2.63. The highest BCUT2D eigenvalue weighted by Crippen LogP contribution is 2.20. The fourth-order valence-corrected chi connectivity index (χ4v) is 2.63. The number of hydrogen-bond acceptors (Lipinski definition) is 2. The molecular formula is C20H24N2O2. The standard InChI is InChI=1S/C20H24N2O2/c1-16(23)21-14-8-13-19(17-9-4-2-5-10-17)15-22-20(24)18-11-6-3-7-12-18/h2-7,9-12,19H,8,13-15H2,1H3,(H,21,23)(H,22,24). The first-order chi connectivity index (χ1) is 11.7. The molecule has 2 aromatic carbocycles. The molecule has 0 radical (unpaired) electrons. The van der Waals surface area contributed by atoms with E-state index in [9.17, 15) is 9.59 Å². The van der Waals surface area contributed by atoms with E-state index in [-0.39, 0.29) is 17.7 Å². The maximum Gasteiger partial charge on any atom is 0.251 e. The van der Waals surface area contributed by atoms with Crippen molar-refractivity contribution in [3.8, 4) is 0 Å². The maximum atomic E-state index is 12.2. The van der Waals surface area contributed by atoms with E-state index in [1.54, 1.807) is 0 Å². The highest BCUT2D eigenvalue weighted by atomic mass is 16.2. The molecule has 0 spiro atoms. The maximum absolute atomic E-state index is 12.2. The van der Waals surface area contributed by atoms with Gasteiger partial charge in [-0.05, 0) is 30.5 Å². The summed E-state index contributed by atoms with van der Waals surface area (Å²) in [6.45, 7) is 2.76. The molecule has 0 heterocycles. The normalized spacial score (nSPS) is 11.5. The van der Waals surface area contributed by atoms with E-state index in [0.29, 0.717) is 18.7 Å². The lowest BCUT2D eigenvalue weighted by atomic mass is 9.94. The second-order valence-corrected chi connectivity index (χ2v) is 5.81. The highest BCUT2D eigenvalue weighted by molar-refractivity contribution is 5.94. The van der Waals surface area contributed by atoms with Gasteiger partial charge in [0.25, 0.3) is 5.91 Å². The van der Waals surface area contributed by atoms with Crippen molar-refractivity contribution < 1.29 is 9.59 Å². The molecule has 2 rings (SSSR count). The van der Waals surface area contributed by atoms with Gasteiger partial charge in [-0.1, -0.05) is 48.5 Å². The molecule has 2 amide bonds. The minimum atomic E-state index is -0.0570. The molecule has 4 nitrogen and oxygen atoms in total. The van der Waals surface area contributed by atoms with Crippen LogP contribution in [0.4, 0.5) is 0 Å². The van der Waals surface area contributed by atoms with Gasteiger partial charge < -0.3 is 10.6 Å². The van der Waals surface area contributed by atoms with Gasteiger partial charge >= 0.3 is 0 Å². The summed E-state index contributed by atoms with van der Waals surface area (Å²) in [6.07, 6.45) is 1.78. The molecule has 1 unspecified atom stereocenters. The molecule has 0 aliphatic rings. The molecule has 24 heavy (non-hydrogen) atoms. The molecule has 0 aliphatic carbocycles. The van der Waals surface area contributed by atoms with Gasteiger partial charge in [0.2, 0.25) is 5.91 Å². The van der Waals surface area contributed by atoms with E-state index in [2.05, 4.69) is 22.8 Å². The van der Waals surface area contributed by atoms with Crippen LogP contribution >= 0.6 is 0 Å². The summed E-state index contributed by atoms with van der Waals surface area (Å²) in [4.78, 5) is 23.2. The summed E-state index contributed by atoms with van der Waals surface area (Å²) < 4.78 is 0. The van der Waals surface area contributed by atoms with Gasteiger partial charge in [0.05, 0.1) is 0 Å². The van der Waals surface area contributed by atoms with Gasteiger partial charge in [-0.15, -0.1) is 0 Å². The third kappa shape index (κ3) is 5.88. The molecule has 1 atom stereocenters. The second-order valence-electron chi connectivity index (χ2n) is 5.81. The van der Waals surface area contributed by atoms with Crippen LogP contribution in [0.5, 0.6) is 0 Å². The quantitative estimate of drug-likeness (QED) is 0.733. The van der Waals surface area contributed by atoms with Crippen molar-refractivity contribution in [2.24, 2.45) is 0 Å². The zero-order valence-electron chi connectivity index (χ0n) is 14.0. The molecule has 0 fully saturated rings. The third-order valence-corrected chi connectivity index (χ3v) is 3.92. The Morgan fingerprint density at radius 1 is 0.917 bits per heavy atom. The lowest BCUT2D eigenvalue weighted by Crippen LogP contribution is -2.29. The topological polar surface area (TPSA) is 58.2 Å². The Balaban J connectivity index is 1.93. The molecule has 2 aromatic rings. The third-order valence-electron chi connectivity index (χ3n) is 3.92. The Morgan fingerprint density at radius 2 is 1.54 bits per heavy atom. The van der Waals surface area contributed by atoms with Gasteiger partial charge in [-0.25, -0.2) is 0 Å². The van der Waals surface area contributed by atoms with Crippen molar-refractivity contribution in [1.29, 1.82) is 0 Å². The number of carbonyl (C=O) groups excluding carboxylic acids is 2. The van der Waals surface area contributed by atoms with E-state index in [4.69, 9.17) is 0 Å². The SMILES string of the molecule is CC(=O)NCCCC(CNC(=O)c1ccccc1)c1ccccc1. The molecule has 4 heteroatoms. The van der Waals surface area contributed by atoms with Crippen LogP contribution in [-0.4, -0.2) is 24.9 Å². The van der Waals surface area contributed by atoms with Crippen LogP contribution in [0.25, 0.3) is 0 Å². The molecule has 0 saturated carbocycles. The second kappa shape index (κ2) is 9.50. The van der Waals surface area contributed by atoms with E-state index >= 15 is 0 Å². The monoisotopic (exact) mass is 324 g/mol. The molecule has 0 aromatic heterocycles. The van der Waals surface area contributed by atoms with Gasteiger partial charge in [0.15, 0.2) is 0 Å². The predicted octanol–water partition coefficient (Wildman–Crippen LogP) is 3.12. The molecular weight excluding hydrogens is 300 g/mol. The van der Waals surface area contributed by atoms with Crippen molar-refractivity contribution in [2.75, 3.05) is 13.1 Å². The highest BCUT2D eigenvalue weighted by Gasteiger charge is 2.13. The number of rotatable bonds is 8. The summed E-state index contributed by atoms with van der Waals surface area (Å²) >= 11 is 0. The van der Waals surface area contributed by atoms with Crippen LogP contribution in [0, 0.1) is 0 Å². The molecule has 0 saturated heterocycles. The zero-order chi connectivity index (χ0) is 17.2. The van der Waals surface area contributed by atoms with Crippen LogP contribution in [0.15, 0.2) is 60.7 Å². The average Bonchev–Trinajstić information content (AvgIpc) is 2.62. The summed E-state index contributed by atoms with van der Waals surface area (Å²) in [5, 5.41) is 5.84. The number of benzene rings is 2. The lowest BCUT2D eigenvalue weighted by molar-refractivity contribution is -0.118. The first kappa shape index (κ1) is 17.7. The van der Waals surface area contributed by atoms with E-state index < -0.39 is 0 Å². The van der Waals surface area contributed by atoms with Gasteiger partial charge in [-0.2, -0.15) is 0 Å². The van der Waals surface area contributed by atoms with Crippen molar-refractivity contribution >= 4 is 11.8 Å². The molecule has 2 N–H and O–H groups in total. The lowest BCUT2D eigenvalue weighted by Gasteiger charge is -2.18. The predicted molar refractivity (Wildman–Crippen MR) is 95.9 cm³/mol. The molecule has 0 bridgehead atoms. The fraction of sp³-hybridized carbons (Fsp3) is 0.300.